The summed E-state index contributed by atoms with van der Waals surface area (Å²) in [6, 6.07) is 19.6. The predicted molar refractivity (Wildman–Crippen MR) is 95.6 cm³/mol. The van der Waals surface area contributed by atoms with Gasteiger partial charge in [-0.25, -0.2) is 4.98 Å². The summed E-state index contributed by atoms with van der Waals surface area (Å²) in [7, 11) is 0. The van der Waals surface area contributed by atoms with Crippen LogP contribution in [-0.2, 0) is 6.42 Å². The molecular formula is C18H15IN2. The Bertz CT molecular complexity index is 813. The molecule has 0 radical (unpaired) electrons. The van der Waals surface area contributed by atoms with E-state index in [9.17, 15) is 0 Å². The normalized spacial score (nSPS) is 16.9. The number of benzene rings is 2. The molecule has 1 aromatic heterocycles. The van der Waals surface area contributed by atoms with Crippen LogP contribution in [0.3, 0.4) is 0 Å². The van der Waals surface area contributed by atoms with Crippen LogP contribution in [0.25, 0.3) is 10.9 Å². The summed E-state index contributed by atoms with van der Waals surface area (Å²) in [6.07, 6.45) is 2.30. The van der Waals surface area contributed by atoms with Crippen molar-refractivity contribution in [3.63, 3.8) is 0 Å². The average Bonchev–Trinajstić information content (AvgIpc) is 2.91. The molecule has 1 N–H and O–H groups in total. The van der Waals surface area contributed by atoms with Gasteiger partial charge in [0.1, 0.15) is 5.82 Å². The van der Waals surface area contributed by atoms with E-state index in [0.717, 1.165) is 24.2 Å². The first-order valence-electron chi connectivity index (χ1n) is 7.21. The lowest BCUT2D eigenvalue weighted by molar-refractivity contribution is 0.758. The summed E-state index contributed by atoms with van der Waals surface area (Å²) >= 11 is 2.36. The van der Waals surface area contributed by atoms with Crippen LogP contribution in [0.2, 0.25) is 0 Å². The Morgan fingerprint density at radius 2 is 1.90 bits per heavy atom. The van der Waals surface area contributed by atoms with Crippen LogP contribution in [0.15, 0.2) is 54.6 Å². The van der Waals surface area contributed by atoms with E-state index in [1.807, 2.05) is 0 Å². The SMILES string of the molecule is Ic1cccc2nc(N[C@@H]3CCc4ccccc43)ccc12. The van der Waals surface area contributed by atoms with Crippen molar-refractivity contribution in [2.24, 2.45) is 0 Å². The number of rotatable bonds is 2. The van der Waals surface area contributed by atoms with E-state index in [1.54, 1.807) is 0 Å². The highest BCUT2D eigenvalue weighted by Gasteiger charge is 2.21. The molecule has 3 aromatic rings. The molecule has 2 aromatic carbocycles. The van der Waals surface area contributed by atoms with Gasteiger partial charge in [0.25, 0.3) is 0 Å². The van der Waals surface area contributed by atoms with Crippen LogP contribution >= 0.6 is 22.6 Å². The van der Waals surface area contributed by atoms with Crippen LogP contribution < -0.4 is 5.32 Å². The molecule has 0 saturated heterocycles. The van der Waals surface area contributed by atoms with Crippen LogP contribution in [0.5, 0.6) is 0 Å². The van der Waals surface area contributed by atoms with Crippen LogP contribution in [-0.4, -0.2) is 4.98 Å². The summed E-state index contributed by atoms with van der Waals surface area (Å²) < 4.78 is 1.25. The third-order valence-corrected chi connectivity index (χ3v) is 5.07. The second-order valence-corrected chi connectivity index (χ2v) is 6.60. The highest BCUT2D eigenvalue weighted by atomic mass is 127. The smallest absolute Gasteiger partial charge is 0.127 e. The average molecular weight is 386 g/mol. The Balaban J connectivity index is 1.67. The van der Waals surface area contributed by atoms with E-state index >= 15 is 0 Å². The van der Waals surface area contributed by atoms with Gasteiger partial charge in [0.2, 0.25) is 0 Å². The first-order chi connectivity index (χ1) is 10.3. The van der Waals surface area contributed by atoms with Gasteiger partial charge in [0, 0.05) is 8.96 Å². The molecule has 21 heavy (non-hydrogen) atoms. The number of nitrogens with zero attached hydrogens (tertiary/aromatic N) is 1. The third kappa shape index (κ3) is 2.39. The lowest BCUT2D eigenvalue weighted by Crippen LogP contribution is -2.08. The van der Waals surface area contributed by atoms with Crippen molar-refractivity contribution in [3.05, 3.63) is 69.3 Å². The first-order valence-corrected chi connectivity index (χ1v) is 8.29. The van der Waals surface area contributed by atoms with Gasteiger partial charge < -0.3 is 5.32 Å². The third-order valence-electron chi connectivity index (χ3n) is 4.13. The Hall–Kier alpha value is -1.62. The van der Waals surface area contributed by atoms with Gasteiger partial charge >= 0.3 is 0 Å². The molecule has 0 unspecified atom stereocenters. The van der Waals surface area contributed by atoms with E-state index in [4.69, 9.17) is 4.98 Å². The van der Waals surface area contributed by atoms with Crippen molar-refractivity contribution in [2.45, 2.75) is 18.9 Å². The van der Waals surface area contributed by atoms with E-state index in [2.05, 4.69) is 82.5 Å². The molecule has 0 saturated carbocycles. The zero-order valence-electron chi connectivity index (χ0n) is 11.5. The van der Waals surface area contributed by atoms with E-state index in [-0.39, 0.29) is 0 Å². The van der Waals surface area contributed by atoms with Crippen molar-refractivity contribution in [1.29, 1.82) is 0 Å². The van der Waals surface area contributed by atoms with Gasteiger partial charge in [-0.15, -0.1) is 0 Å². The molecule has 3 heteroatoms. The molecule has 1 aliphatic carbocycles. The zero-order valence-corrected chi connectivity index (χ0v) is 13.7. The van der Waals surface area contributed by atoms with Gasteiger partial charge in [-0.05, 0) is 70.8 Å². The second-order valence-electron chi connectivity index (χ2n) is 5.44. The van der Waals surface area contributed by atoms with E-state index in [1.165, 1.54) is 20.1 Å². The fourth-order valence-corrected chi connectivity index (χ4v) is 3.75. The molecule has 0 aliphatic heterocycles. The summed E-state index contributed by atoms with van der Waals surface area (Å²) in [4.78, 5) is 4.76. The number of nitrogens with one attached hydrogen (secondary N) is 1. The highest BCUT2D eigenvalue weighted by Crippen LogP contribution is 2.33. The minimum Gasteiger partial charge on any atom is -0.363 e. The quantitative estimate of drug-likeness (QED) is 0.632. The van der Waals surface area contributed by atoms with Gasteiger partial charge in [0.15, 0.2) is 0 Å². The van der Waals surface area contributed by atoms with Crippen molar-refractivity contribution in [3.8, 4) is 0 Å². The number of halogens is 1. The number of anilines is 1. The number of pyridine rings is 1. The summed E-state index contributed by atoms with van der Waals surface area (Å²) in [5.74, 6) is 0.964. The standard InChI is InChI=1S/C18H15IN2/c19-15-6-3-7-16-14(15)9-11-18(20-16)21-17-10-8-12-4-1-2-5-13(12)17/h1-7,9,11,17H,8,10H2,(H,20,21)/t17-/m1/s1. The Kier molecular flexibility index (Phi) is 3.30. The summed E-state index contributed by atoms with van der Waals surface area (Å²) in [5.41, 5.74) is 3.94. The predicted octanol–water partition coefficient (Wildman–Crippen LogP) is 4.94. The molecule has 104 valence electrons. The lowest BCUT2D eigenvalue weighted by Gasteiger charge is -2.15. The summed E-state index contributed by atoms with van der Waals surface area (Å²) in [6.45, 7) is 0. The number of hydrogen-bond donors (Lipinski definition) is 1. The largest absolute Gasteiger partial charge is 0.363 e. The van der Waals surface area contributed by atoms with Gasteiger partial charge in [-0.2, -0.15) is 0 Å². The lowest BCUT2D eigenvalue weighted by atomic mass is 10.1. The maximum absolute atomic E-state index is 4.76. The van der Waals surface area contributed by atoms with E-state index < -0.39 is 0 Å². The van der Waals surface area contributed by atoms with Crippen molar-refractivity contribution >= 4 is 39.3 Å². The number of fused-ring (bicyclic) bond motifs is 2. The monoisotopic (exact) mass is 386 g/mol. The van der Waals surface area contributed by atoms with Crippen molar-refractivity contribution in [2.75, 3.05) is 5.32 Å². The molecule has 1 atom stereocenters. The van der Waals surface area contributed by atoms with Gasteiger partial charge in [-0.3, -0.25) is 0 Å². The Labute approximate surface area is 137 Å². The fraction of sp³-hybridized carbons (Fsp3) is 0.167. The molecule has 0 fully saturated rings. The van der Waals surface area contributed by atoms with Crippen molar-refractivity contribution < 1.29 is 0 Å². The second kappa shape index (κ2) is 5.30. The first kappa shape index (κ1) is 13.1. The molecule has 0 amide bonds. The Morgan fingerprint density at radius 3 is 2.86 bits per heavy atom. The number of hydrogen-bond acceptors (Lipinski definition) is 2. The van der Waals surface area contributed by atoms with E-state index in [0.29, 0.717) is 6.04 Å². The number of aromatic nitrogens is 1. The van der Waals surface area contributed by atoms with Crippen LogP contribution in [0.4, 0.5) is 5.82 Å². The molecule has 1 heterocycles. The maximum atomic E-state index is 4.76. The van der Waals surface area contributed by atoms with Crippen molar-refractivity contribution in [1.82, 2.24) is 4.98 Å². The minimum absolute atomic E-state index is 0.383. The van der Waals surface area contributed by atoms with Gasteiger partial charge in [0.05, 0.1) is 11.6 Å². The molecular weight excluding hydrogens is 371 g/mol. The minimum atomic E-state index is 0.383. The van der Waals surface area contributed by atoms with Gasteiger partial charge in [-0.1, -0.05) is 30.3 Å². The molecule has 1 aliphatic rings. The number of aryl methyl sites for hydroxylation is 1. The molecule has 4 rings (SSSR count). The highest BCUT2D eigenvalue weighted by molar-refractivity contribution is 14.1. The fourth-order valence-electron chi connectivity index (χ4n) is 3.08. The molecule has 0 spiro atoms. The van der Waals surface area contributed by atoms with Crippen LogP contribution in [0, 0.1) is 3.57 Å². The zero-order chi connectivity index (χ0) is 14.2. The Morgan fingerprint density at radius 1 is 1.00 bits per heavy atom. The maximum Gasteiger partial charge on any atom is 0.127 e. The topological polar surface area (TPSA) is 24.9 Å². The summed E-state index contributed by atoms with van der Waals surface area (Å²) in [5, 5.41) is 4.81. The van der Waals surface area contributed by atoms with Crippen LogP contribution in [0.1, 0.15) is 23.6 Å². The molecule has 0 bridgehead atoms. The molecule has 2 nitrogen and oxygen atoms in total.